The molecule has 3 amide bonds. The van der Waals surface area contributed by atoms with Crippen LogP contribution in [0.15, 0.2) is 48.5 Å². The molecule has 2 N–H and O–H groups in total. The molecular formula is C22H22ClN5O2S. The van der Waals surface area contributed by atoms with Crippen LogP contribution >= 0.6 is 22.9 Å². The molecule has 1 atom stereocenters. The topological polar surface area (TPSA) is 87.2 Å². The molecule has 0 aliphatic carbocycles. The SMILES string of the molecule is Cc1ccccc1NC(=O)N1CCC[C@H](c2nnc(C(=O)Nc3cccc(Cl)c3)s2)C1. The van der Waals surface area contributed by atoms with Gasteiger partial charge in [-0.3, -0.25) is 4.79 Å². The van der Waals surface area contributed by atoms with Crippen LogP contribution < -0.4 is 10.6 Å². The van der Waals surface area contributed by atoms with Gasteiger partial charge in [0.15, 0.2) is 0 Å². The lowest BCUT2D eigenvalue weighted by atomic mass is 9.99. The summed E-state index contributed by atoms with van der Waals surface area (Å²) in [6, 6.07) is 14.5. The maximum absolute atomic E-state index is 12.7. The minimum Gasteiger partial charge on any atom is -0.324 e. The van der Waals surface area contributed by atoms with E-state index in [1.807, 2.05) is 31.2 Å². The molecule has 0 saturated carbocycles. The monoisotopic (exact) mass is 455 g/mol. The number of aryl methyl sites for hydroxylation is 1. The number of amides is 3. The van der Waals surface area contributed by atoms with Crippen molar-refractivity contribution >= 4 is 46.3 Å². The number of para-hydroxylation sites is 1. The average molecular weight is 456 g/mol. The summed E-state index contributed by atoms with van der Waals surface area (Å²) in [7, 11) is 0. The highest BCUT2D eigenvalue weighted by Gasteiger charge is 2.28. The number of anilines is 2. The van der Waals surface area contributed by atoms with Crippen molar-refractivity contribution in [3.8, 4) is 0 Å². The zero-order valence-corrected chi connectivity index (χ0v) is 18.5. The molecule has 0 unspecified atom stereocenters. The van der Waals surface area contributed by atoms with E-state index in [0.29, 0.717) is 23.8 Å². The van der Waals surface area contributed by atoms with Gasteiger partial charge in [-0.15, -0.1) is 10.2 Å². The number of rotatable bonds is 4. The summed E-state index contributed by atoms with van der Waals surface area (Å²) < 4.78 is 0. The molecule has 2 aromatic carbocycles. The minimum absolute atomic E-state index is 0.0570. The lowest BCUT2D eigenvalue weighted by molar-refractivity contribution is 0.102. The molecule has 9 heteroatoms. The van der Waals surface area contributed by atoms with E-state index in [1.165, 1.54) is 11.3 Å². The molecule has 1 saturated heterocycles. The molecule has 160 valence electrons. The number of urea groups is 1. The van der Waals surface area contributed by atoms with Crippen molar-refractivity contribution in [2.24, 2.45) is 0 Å². The van der Waals surface area contributed by atoms with Gasteiger partial charge < -0.3 is 15.5 Å². The predicted molar refractivity (Wildman–Crippen MR) is 123 cm³/mol. The lowest BCUT2D eigenvalue weighted by Gasteiger charge is -2.31. The van der Waals surface area contributed by atoms with E-state index >= 15 is 0 Å². The van der Waals surface area contributed by atoms with Gasteiger partial charge in [0.05, 0.1) is 0 Å². The first-order valence-corrected chi connectivity index (χ1v) is 11.2. The third-order valence-corrected chi connectivity index (χ3v) is 6.48. The number of nitrogens with one attached hydrogen (secondary N) is 2. The van der Waals surface area contributed by atoms with Crippen molar-refractivity contribution < 1.29 is 9.59 Å². The Morgan fingerprint density at radius 1 is 1.13 bits per heavy atom. The Kier molecular flexibility index (Phi) is 6.48. The number of halogens is 1. The minimum atomic E-state index is -0.323. The number of piperidine rings is 1. The Morgan fingerprint density at radius 2 is 1.97 bits per heavy atom. The predicted octanol–water partition coefficient (Wildman–Crippen LogP) is 5.16. The van der Waals surface area contributed by atoms with Gasteiger partial charge in [0, 0.05) is 35.4 Å². The molecule has 31 heavy (non-hydrogen) atoms. The quantitative estimate of drug-likeness (QED) is 0.568. The normalized spacial score (nSPS) is 16.1. The smallest absolute Gasteiger partial charge is 0.321 e. The van der Waals surface area contributed by atoms with Crippen LogP contribution in [0.3, 0.4) is 0 Å². The highest BCUT2D eigenvalue weighted by molar-refractivity contribution is 7.13. The third-order valence-electron chi connectivity index (χ3n) is 5.16. The summed E-state index contributed by atoms with van der Waals surface area (Å²) in [4.78, 5) is 27.1. The zero-order valence-electron chi connectivity index (χ0n) is 17.0. The fourth-order valence-electron chi connectivity index (χ4n) is 3.51. The molecule has 7 nitrogen and oxygen atoms in total. The van der Waals surface area contributed by atoms with Crippen LogP contribution in [0, 0.1) is 6.92 Å². The van der Waals surface area contributed by atoms with Crippen LogP contribution in [0.4, 0.5) is 16.2 Å². The Morgan fingerprint density at radius 3 is 2.77 bits per heavy atom. The third kappa shape index (κ3) is 5.21. The van der Waals surface area contributed by atoms with Gasteiger partial charge >= 0.3 is 6.03 Å². The fourth-order valence-corrected chi connectivity index (χ4v) is 4.57. The van der Waals surface area contributed by atoms with E-state index in [-0.39, 0.29) is 22.9 Å². The van der Waals surface area contributed by atoms with Crippen molar-refractivity contribution in [3.05, 3.63) is 69.1 Å². The molecule has 0 radical (unpaired) electrons. The summed E-state index contributed by atoms with van der Waals surface area (Å²) in [5.74, 6) is -0.266. The van der Waals surface area contributed by atoms with Gasteiger partial charge in [0.1, 0.15) is 5.01 Å². The molecule has 4 rings (SSSR count). The highest BCUT2D eigenvalue weighted by atomic mass is 35.5. The molecule has 2 heterocycles. The van der Waals surface area contributed by atoms with E-state index in [4.69, 9.17) is 11.6 Å². The van der Waals surface area contributed by atoms with Crippen LogP contribution in [0.25, 0.3) is 0 Å². The van der Waals surface area contributed by atoms with E-state index in [2.05, 4.69) is 20.8 Å². The Balaban J connectivity index is 1.39. The number of nitrogens with zero attached hydrogens (tertiary/aromatic N) is 3. The van der Waals surface area contributed by atoms with Crippen molar-refractivity contribution in [1.29, 1.82) is 0 Å². The first-order chi connectivity index (χ1) is 15.0. The molecule has 1 aliphatic heterocycles. The van der Waals surface area contributed by atoms with Gasteiger partial charge in [-0.25, -0.2) is 4.79 Å². The van der Waals surface area contributed by atoms with Gasteiger partial charge in [0.2, 0.25) is 5.01 Å². The summed E-state index contributed by atoms with van der Waals surface area (Å²) in [6.45, 7) is 3.20. The fraction of sp³-hybridized carbons (Fsp3) is 0.273. The van der Waals surface area contributed by atoms with Gasteiger partial charge in [0.25, 0.3) is 5.91 Å². The maximum atomic E-state index is 12.7. The summed E-state index contributed by atoms with van der Waals surface area (Å²) in [5.41, 5.74) is 2.43. The highest BCUT2D eigenvalue weighted by Crippen LogP contribution is 2.30. The lowest BCUT2D eigenvalue weighted by Crippen LogP contribution is -2.41. The zero-order chi connectivity index (χ0) is 21.8. The maximum Gasteiger partial charge on any atom is 0.321 e. The first kappa shape index (κ1) is 21.3. The number of carbonyl (C=O) groups excluding carboxylic acids is 2. The summed E-state index contributed by atoms with van der Waals surface area (Å²) >= 11 is 7.23. The number of benzene rings is 2. The Hall–Kier alpha value is -2.97. The molecule has 0 spiro atoms. The van der Waals surface area contributed by atoms with Crippen LogP contribution in [-0.4, -0.2) is 40.1 Å². The van der Waals surface area contributed by atoms with E-state index < -0.39 is 0 Å². The molecule has 0 bridgehead atoms. The van der Waals surface area contributed by atoms with Gasteiger partial charge in [-0.1, -0.05) is 47.2 Å². The second-order valence-corrected chi connectivity index (χ2v) is 8.89. The summed E-state index contributed by atoms with van der Waals surface area (Å²) in [6.07, 6.45) is 1.77. The molecule has 3 aromatic rings. The van der Waals surface area contributed by atoms with Crippen LogP contribution in [-0.2, 0) is 0 Å². The molecule has 1 aromatic heterocycles. The molecular weight excluding hydrogens is 434 g/mol. The number of hydrogen-bond donors (Lipinski definition) is 2. The van der Waals surface area contributed by atoms with Gasteiger partial charge in [-0.2, -0.15) is 0 Å². The second-order valence-electron chi connectivity index (χ2n) is 7.44. The van der Waals surface area contributed by atoms with Crippen LogP contribution in [0.2, 0.25) is 5.02 Å². The average Bonchev–Trinajstić information content (AvgIpc) is 3.26. The Labute approximate surface area is 189 Å². The van der Waals surface area contributed by atoms with Crippen molar-refractivity contribution in [1.82, 2.24) is 15.1 Å². The van der Waals surface area contributed by atoms with Crippen molar-refractivity contribution in [2.75, 3.05) is 23.7 Å². The van der Waals surface area contributed by atoms with Crippen molar-refractivity contribution in [2.45, 2.75) is 25.7 Å². The van der Waals surface area contributed by atoms with Gasteiger partial charge in [-0.05, 0) is 49.6 Å². The first-order valence-electron chi connectivity index (χ1n) is 10.0. The molecule has 1 aliphatic rings. The summed E-state index contributed by atoms with van der Waals surface area (Å²) in [5, 5.41) is 15.7. The largest absolute Gasteiger partial charge is 0.324 e. The number of aromatic nitrogens is 2. The molecule has 1 fully saturated rings. The number of hydrogen-bond acceptors (Lipinski definition) is 5. The second kappa shape index (κ2) is 9.45. The van der Waals surface area contributed by atoms with E-state index in [0.717, 1.165) is 29.1 Å². The van der Waals surface area contributed by atoms with Crippen molar-refractivity contribution in [3.63, 3.8) is 0 Å². The van der Waals surface area contributed by atoms with E-state index in [1.54, 1.807) is 29.2 Å². The standard InChI is InChI=1S/C22H22ClN5O2S/c1-14-6-2-3-10-18(14)25-22(30)28-11-5-7-15(13-28)20-26-27-21(31-20)19(29)24-17-9-4-8-16(23)12-17/h2-4,6,8-10,12,15H,5,7,11,13H2,1H3,(H,24,29)(H,25,30)/t15-/m0/s1. The van der Waals surface area contributed by atoms with Crippen LogP contribution in [0.1, 0.15) is 39.1 Å². The van der Waals surface area contributed by atoms with Crippen LogP contribution in [0.5, 0.6) is 0 Å². The number of likely N-dealkylation sites (tertiary alicyclic amines) is 1. The van der Waals surface area contributed by atoms with E-state index in [9.17, 15) is 9.59 Å². The number of carbonyl (C=O) groups is 2. The Bertz CT molecular complexity index is 1100.